The van der Waals surface area contributed by atoms with Gasteiger partial charge in [-0.05, 0) is 48.5 Å². The van der Waals surface area contributed by atoms with Crippen molar-refractivity contribution in [3.05, 3.63) is 88.1 Å². The van der Waals surface area contributed by atoms with Gasteiger partial charge in [0.15, 0.2) is 5.16 Å². The molecule has 0 saturated heterocycles. The minimum absolute atomic E-state index is 0.110. The third kappa shape index (κ3) is 4.36. The number of para-hydroxylation sites is 1. The highest BCUT2D eigenvalue weighted by atomic mass is 35.5. The summed E-state index contributed by atoms with van der Waals surface area (Å²) in [6, 6.07) is 17.6. The maximum atomic E-state index is 13.1. The van der Waals surface area contributed by atoms with Crippen molar-refractivity contribution in [1.29, 1.82) is 0 Å². The molecule has 2 heterocycles. The van der Waals surface area contributed by atoms with E-state index < -0.39 is 0 Å². The van der Waals surface area contributed by atoms with Crippen molar-refractivity contribution in [1.82, 2.24) is 14.9 Å². The number of carbonyl (C=O) groups is 1. The van der Waals surface area contributed by atoms with Crippen LogP contribution in [0.3, 0.4) is 0 Å². The Morgan fingerprint density at radius 2 is 1.90 bits per heavy atom. The minimum atomic E-state index is -0.198. The normalized spacial score (nSPS) is 10.9. The molecule has 0 bridgehead atoms. The predicted molar refractivity (Wildman–Crippen MR) is 114 cm³/mol. The summed E-state index contributed by atoms with van der Waals surface area (Å²) < 4.78 is 6.71. The monoisotopic (exact) mass is 425 g/mol. The summed E-state index contributed by atoms with van der Waals surface area (Å²) in [6.45, 7) is 0.307. The topological polar surface area (TPSA) is 77.1 Å². The Balaban J connectivity index is 1.63. The number of hydrogen-bond acceptors (Lipinski definition) is 5. The second-order valence-corrected chi connectivity index (χ2v) is 7.55. The van der Waals surface area contributed by atoms with Gasteiger partial charge in [-0.1, -0.05) is 35.5 Å². The highest BCUT2D eigenvalue weighted by Crippen LogP contribution is 2.22. The van der Waals surface area contributed by atoms with Crippen molar-refractivity contribution < 1.29 is 9.21 Å². The van der Waals surface area contributed by atoms with Crippen molar-refractivity contribution in [3.63, 3.8) is 0 Å². The zero-order valence-corrected chi connectivity index (χ0v) is 16.7. The van der Waals surface area contributed by atoms with E-state index in [9.17, 15) is 9.59 Å². The first-order chi connectivity index (χ1) is 14.1. The van der Waals surface area contributed by atoms with Crippen LogP contribution in [-0.4, -0.2) is 21.2 Å². The number of aromatic nitrogens is 2. The minimum Gasteiger partial charge on any atom is -0.467 e. The lowest BCUT2D eigenvalue weighted by Gasteiger charge is -2.13. The van der Waals surface area contributed by atoms with Crippen LogP contribution in [0.2, 0.25) is 5.02 Å². The van der Waals surface area contributed by atoms with E-state index in [2.05, 4.69) is 10.3 Å². The van der Waals surface area contributed by atoms with Crippen LogP contribution in [0.1, 0.15) is 5.76 Å². The Morgan fingerprint density at radius 1 is 1.10 bits per heavy atom. The molecule has 0 radical (unpaired) electrons. The molecule has 4 rings (SSSR count). The molecule has 0 aliphatic carbocycles. The van der Waals surface area contributed by atoms with Gasteiger partial charge in [-0.3, -0.25) is 14.2 Å². The van der Waals surface area contributed by atoms with Gasteiger partial charge in [0.25, 0.3) is 5.56 Å². The number of rotatable bonds is 6. The van der Waals surface area contributed by atoms with Crippen LogP contribution >= 0.6 is 23.4 Å². The lowest BCUT2D eigenvalue weighted by molar-refractivity contribution is -0.118. The second kappa shape index (κ2) is 8.55. The third-order valence-corrected chi connectivity index (χ3v) is 5.39. The van der Waals surface area contributed by atoms with E-state index in [0.717, 1.165) is 0 Å². The Hall–Kier alpha value is -3.03. The summed E-state index contributed by atoms with van der Waals surface area (Å²) in [4.78, 5) is 30.0. The predicted octanol–water partition coefficient (Wildman–Crippen LogP) is 4.04. The smallest absolute Gasteiger partial charge is 0.266 e. The Morgan fingerprint density at radius 3 is 2.66 bits per heavy atom. The van der Waals surface area contributed by atoms with E-state index in [0.29, 0.717) is 39.1 Å². The zero-order chi connectivity index (χ0) is 20.2. The van der Waals surface area contributed by atoms with Crippen molar-refractivity contribution in [2.24, 2.45) is 0 Å². The van der Waals surface area contributed by atoms with Crippen molar-refractivity contribution in [2.45, 2.75) is 11.7 Å². The molecule has 0 saturated carbocycles. The molecular formula is C21H16ClN3O3S. The first-order valence-corrected chi connectivity index (χ1v) is 10.2. The molecule has 0 aliphatic rings. The molecule has 6 nitrogen and oxygen atoms in total. The number of nitrogens with one attached hydrogen (secondary N) is 1. The third-order valence-electron chi connectivity index (χ3n) is 4.20. The largest absolute Gasteiger partial charge is 0.467 e. The zero-order valence-electron chi connectivity index (χ0n) is 15.2. The van der Waals surface area contributed by atoms with Gasteiger partial charge in [0.05, 0.1) is 35.2 Å². The number of fused-ring (bicyclic) bond motifs is 1. The number of furan rings is 1. The van der Waals surface area contributed by atoms with Gasteiger partial charge in [0.2, 0.25) is 5.91 Å². The molecule has 0 spiro atoms. The fourth-order valence-corrected chi connectivity index (χ4v) is 3.78. The van der Waals surface area contributed by atoms with E-state index >= 15 is 0 Å². The van der Waals surface area contributed by atoms with E-state index in [1.165, 1.54) is 16.3 Å². The lowest BCUT2D eigenvalue weighted by atomic mass is 10.2. The van der Waals surface area contributed by atoms with Gasteiger partial charge >= 0.3 is 0 Å². The molecule has 1 amide bonds. The van der Waals surface area contributed by atoms with E-state index in [1.807, 2.05) is 6.07 Å². The molecule has 29 heavy (non-hydrogen) atoms. The number of amides is 1. The summed E-state index contributed by atoms with van der Waals surface area (Å²) in [5.74, 6) is 0.598. The number of halogens is 1. The molecule has 0 fully saturated rings. The standard InChI is InChI=1S/C21H16ClN3O3S/c22-14-7-9-15(10-8-14)25-20(27)17-5-1-2-6-18(17)24-21(25)29-13-19(26)23-12-16-4-3-11-28-16/h1-11H,12-13H2,(H,23,26). The summed E-state index contributed by atoms with van der Waals surface area (Å²) >= 11 is 7.18. The molecule has 146 valence electrons. The maximum absolute atomic E-state index is 13.1. The fraction of sp³-hybridized carbons (Fsp3) is 0.0952. The van der Waals surface area contributed by atoms with E-state index in [-0.39, 0.29) is 17.2 Å². The number of thioether (sulfide) groups is 1. The molecule has 8 heteroatoms. The van der Waals surface area contributed by atoms with Crippen LogP contribution in [0.5, 0.6) is 0 Å². The second-order valence-electron chi connectivity index (χ2n) is 6.17. The Labute approximate surface area is 175 Å². The fourth-order valence-electron chi connectivity index (χ4n) is 2.81. The van der Waals surface area contributed by atoms with Gasteiger partial charge in [0, 0.05) is 5.02 Å². The van der Waals surface area contributed by atoms with E-state index in [1.54, 1.807) is 60.9 Å². The summed E-state index contributed by atoms with van der Waals surface area (Å²) in [6.07, 6.45) is 1.56. The highest BCUT2D eigenvalue weighted by molar-refractivity contribution is 7.99. The van der Waals surface area contributed by atoms with Crippen LogP contribution < -0.4 is 10.9 Å². The molecule has 1 N–H and O–H groups in total. The Kier molecular flexibility index (Phi) is 5.69. The first-order valence-electron chi connectivity index (χ1n) is 8.81. The molecule has 2 aromatic carbocycles. The number of hydrogen-bond donors (Lipinski definition) is 1. The summed E-state index contributed by atoms with van der Waals surface area (Å²) in [7, 11) is 0. The molecule has 0 unspecified atom stereocenters. The van der Waals surface area contributed by atoms with Crippen LogP contribution in [0.4, 0.5) is 0 Å². The van der Waals surface area contributed by atoms with Gasteiger partial charge < -0.3 is 9.73 Å². The van der Waals surface area contributed by atoms with Crippen molar-refractivity contribution in [3.8, 4) is 5.69 Å². The SMILES string of the molecule is O=C(CSc1nc2ccccc2c(=O)n1-c1ccc(Cl)cc1)NCc1ccco1. The molecule has 4 aromatic rings. The number of benzene rings is 2. The van der Waals surface area contributed by atoms with Crippen molar-refractivity contribution >= 4 is 40.2 Å². The van der Waals surface area contributed by atoms with Gasteiger partial charge in [0.1, 0.15) is 5.76 Å². The van der Waals surface area contributed by atoms with Gasteiger partial charge in [-0.15, -0.1) is 0 Å². The molecular weight excluding hydrogens is 410 g/mol. The maximum Gasteiger partial charge on any atom is 0.266 e. The lowest BCUT2D eigenvalue weighted by Crippen LogP contribution is -2.26. The number of carbonyl (C=O) groups excluding carboxylic acids is 1. The quantitative estimate of drug-likeness (QED) is 0.372. The first kappa shape index (κ1) is 19.3. The van der Waals surface area contributed by atoms with Crippen molar-refractivity contribution in [2.75, 3.05) is 5.75 Å². The van der Waals surface area contributed by atoms with Crippen LogP contribution in [0.15, 0.2) is 81.3 Å². The molecule has 2 aromatic heterocycles. The van der Waals surface area contributed by atoms with Gasteiger partial charge in [-0.25, -0.2) is 4.98 Å². The highest BCUT2D eigenvalue weighted by Gasteiger charge is 2.15. The summed E-state index contributed by atoms with van der Waals surface area (Å²) in [5.41, 5.74) is 1.02. The molecule has 0 aliphatic heterocycles. The van der Waals surface area contributed by atoms with Crippen LogP contribution in [0, 0.1) is 0 Å². The average Bonchev–Trinajstić information content (AvgIpc) is 3.25. The van der Waals surface area contributed by atoms with Gasteiger partial charge in [-0.2, -0.15) is 0 Å². The number of nitrogens with zero attached hydrogens (tertiary/aromatic N) is 2. The average molecular weight is 426 g/mol. The Bertz CT molecular complexity index is 1200. The summed E-state index contributed by atoms with van der Waals surface area (Å²) in [5, 5.41) is 4.30. The van der Waals surface area contributed by atoms with Crippen LogP contribution in [0.25, 0.3) is 16.6 Å². The molecule has 0 atom stereocenters. The van der Waals surface area contributed by atoms with E-state index in [4.69, 9.17) is 16.0 Å². The van der Waals surface area contributed by atoms with Crippen LogP contribution in [-0.2, 0) is 11.3 Å².